The minimum Gasteiger partial charge on any atom is -0.396 e. The molecule has 2 N–H and O–H groups in total. The summed E-state index contributed by atoms with van der Waals surface area (Å²) in [7, 11) is 0. The maximum Gasteiger partial charge on any atom is 0.0598 e. The molecule has 1 unspecified atom stereocenters. The molecule has 0 aromatic carbocycles. The van der Waals surface area contributed by atoms with Crippen LogP contribution in [0.4, 0.5) is 0 Å². The second-order valence-electron chi connectivity index (χ2n) is 4.45. The van der Waals surface area contributed by atoms with Crippen molar-refractivity contribution in [2.75, 3.05) is 32.8 Å². The van der Waals surface area contributed by atoms with Crippen LogP contribution in [0, 0.1) is 18.3 Å². The topological polar surface area (TPSA) is 35.5 Å². The Kier molecular flexibility index (Phi) is 5.70. The Labute approximate surface area is 92.9 Å². The largest absolute Gasteiger partial charge is 0.396 e. The lowest BCUT2D eigenvalue weighted by Crippen LogP contribution is -2.43. The summed E-state index contributed by atoms with van der Waals surface area (Å²) in [4.78, 5) is 2.31. The molecule has 86 valence electrons. The van der Waals surface area contributed by atoms with E-state index in [0.29, 0.717) is 12.0 Å². The molecular formula is C12H22N2O. The average molecular weight is 210 g/mol. The first-order chi connectivity index (χ1) is 7.26. The van der Waals surface area contributed by atoms with E-state index in [0.717, 1.165) is 26.2 Å². The Balaban J connectivity index is 2.12. The van der Waals surface area contributed by atoms with Gasteiger partial charge in [-0.05, 0) is 18.8 Å². The monoisotopic (exact) mass is 210 g/mol. The molecule has 1 aliphatic heterocycles. The fourth-order valence-electron chi connectivity index (χ4n) is 1.86. The average Bonchev–Trinajstić information content (AvgIpc) is 2.28. The fraction of sp³-hybridized carbons (Fsp3) is 0.833. The second kappa shape index (κ2) is 6.84. The van der Waals surface area contributed by atoms with E-state index in [1.165, 1.54) is 12.8 Å². The van der Waals surface area contributed by atoms with E-state index in [1.807, 2.05) is 0 Å². The van der Waals surface area contributed by atoms with Crippen LogP contribution in [0.25, 0.3) is 0 Å². The minimum atomic E-state index is 0.267. The van der Waals surface area contributed by atoms with Crippen LogP contribution < -0.4 is 5.32 Å². The number of piperidine rings is 1. The number of likely N-dealkylation sites (tertiary alicyclic amines) is 1. The summed E-state index contributed by atoms with van der Waals surface area (Å²) in [5.41, 5.74) is 0. The number of aliphatic hydroxyl groups excluding tert-OH is 1. The molecule has 3 nitrogen and oxygen atoms in total. The molecule has 0 spiro atoms. The first kappa shape index (κ1) is 12.5. The molecule has 1 rings (SSSR count). The van der Waals surface area contributed by atoms with Crippen molar-refractivity contribution >= 4 is 0 Å². The number of rotatable bonds is 5. The lowest BCUT2D eigenvalue weighted by molar-refractivity contribution is 0.198. The molecule has 0 aromatic heterocycles. The van der Waals surface area contributed by atoms with E-state index in [2.05, 4.69) is 23.1 Å². The van der Waals surface area contributed by atoms with Gasteiger partial charge in [0.2, 0.25) is 0 Å². The summed E-state index contributed by atoms with van der Waals surface area (Å²) in [6.45, 7) is 6.20. The summed E-state index contributed by atoms with van der Waals surface area (Å²) in [5.74, 6) is 3.04. The first-order valence-corrected chi connectivity index (χ1v) is 5.76. The molecule has 1 fully saturated rings. The van der Waals surface area contributed by atoms with Gasteiger partial charge in [-0.25, -0.2) is 0 Å². The van der Waals surface area contributed by atoms with Gasteiger partial charge in [0.25, 0.3) is 0 Å². The normalized spacial score (nSPS) is 21.1. The predicted molar refractivity (Wildman–Crippen MR) is 62.5 cm³/mol. The van der Waals surface area contributed by atoms with Gasteiger partial charge in [0.05, 0.1) is 6.54 Å². The van der Waals surface area contributed by atoms with Crippen LogP contribution in [0.5, 0.6) is 0 Å². The van der Waals surface area contributed by atoms with Crippen molar-refractivity contribution in [1.29, 1.82) is 0 Å². The number of aliphatic hydroxyl groups is 1. The SMILES string of the molecule is C#CCN1CCC(NCC(C)CO)CC1. The predicted octanol–water partition coefficient (Wildman–Crippen LogP) is 0.302. The van der Waals surface area contributed by atoms with Crippen molar-refractivity contribution in [1.82, 2.24) is 10.2 Å². The van der Waals surface area contributed by atoms with Crippen molar-refractivity contribution in [3.63, 3.8) is 0 Å². The summed E-state index contributed by atoms with van der Waals surface area (Å²) in [6.07, 6.45) is 7.61. The van der Waals surface area contributed by atoms with Crippen LogP contribution in [-0.4, -0.2) is 48.8 Å². The van der Waals surface area contributed by atoms with Crippen LogP contribution >= 0.6 is 0 Å². The van der Waals surface area contributed by atoms with Crippen LogP contribution in [0.2, 0.25) is 0 Å². The number of terminal acetylenes is 1. The standard InChI is InChI=1S/C12H22N2O/c1-3-6-14-7-4-12(5-8-14)13-9-11(2)10-15/h1,11-13,15H,4-10H2,2H3. The van der Waals surface area contributed by atoms with Gasteiger partial charge >= 0.3 is 0 Å². The zero-order chi connectivity index (χ0) is 11.1. The lowest BCUT2D eigenvalue weighted by Gasteiger charge is -2.31. The number of nitrogens with one attached hydrogen (secondary N) is 1. The van der Waals surface area contributed by atoms with Crippen LogP contribution in [0.1, 0.15) is 19.8 Å². The molecule has 0 radical (unpaired) electrons. The van der Waals surface area contributed by atoms with Gasteiger partial charge in [0, 0.05) is 32.3 Å². The summed E-state index contributed by atoms with van der Waals surface area (Å²) < 4.78 is 0. The maximum absolute atomic E-state index is 8.91. The van der Waals surface area contributed by atoms with E-state index in [1.54, 1.807) is 0 Å². The molecule has 1 atom stereocenters. The quantitative estimate of drug-likeness (QED) is 0.641. The van der Waals surface area contributed by atoms with Crippen LogP contribution in [-0.2, 0) is 0 Å². The van der Waals surface area contributed by atoms with Crippen molar-refractivity contribution < 1.29 is 5.11 Å². The van der Waals surface area contributed by atoms with Gasteiger partial charge < -0.3 is 10.4 Å². The molecule has 1 aliphatic rings. The number of hydrogen-bond donors (Lipinski definition) is 2. The minimum absolute atomic E-state index is 0.267. The lowest BCUT2D eigenvalue weighted by atomic mass is 10.0. The van der Waals surface area contributed by atoms with Gasteiger partial charge in [-0.2, -0.15) is 0 Å². The molecule has 0 aliphatic carbocycles. The highest BCUT2D eigenvalue weighted by atomic mass is 16.3. The molecule has 1 saturated heterocycles. The highest BCUT2D eigenvalue weighted by molar-refractivity contribution is 4.90. The van der Waals surface area contributed by atoms with Crippen molar-refractivity contribution in [3.05, 3.63) is 0 Å². The third kappa shape index (κ3) is 4.65. The molecule has 0 amide bonds. The number of nitrogens with zero attached hydrogens (tertiary/aromatic N) is 1. The smallest absolute Gasteiger partial charge is 0.0598 e. The third-order valence-corrected chi connectivity index (χ3v) is 2.97. The van der Waals surface area contributed by atoms with E-state index in [-0.39, 0.29) is 6.61 Å². The zero-order valence-corrected chi connectivity index (χ0v) is 9.58. The van der Waals surface area contributed by atoms with Gasteiger partial charge in [0.1, 0.15) is 0 Å². The molecule has 0 saturated carbocycles. The van der Waals surface area contributed by atoms with Crippen molar-refractivity contribution in [2.24, 2.45) is 5.92 Å². The highest BCUT2D eigenvalue weighted by Gasteiger charge is 2.18. The van der Waals surface area contributed by atoms with E-state index >= 15 is 0 Å². The summed E-state index contributed by atoms with van der Waals surface area (Å²) >= 11 is 0. The Bertz CT molecular complexity index is 204. The highest BCUT2D eigenvalue weighted by Crippen LogP contribution is 2.09. The first-order valence-electron chi connectivity index (χ1n) is 5.76. The summed E-state index contributed by atoms with van der Waals surface area (Å²) in [5, 5.41) is 12.4. The Morgan fingerprint density at radius 2 is 2.20 bits per heavy atom. The molecule has 3 heteroatoms. The van der Waals surface area contributed by atoms with Crippen molar-refractivity contribution in [2.45, 2.75) is 25.8 Å². The molecular weight excluding hydrogens is 188 g/mol. The van der Waals surface area contributed by atoms with Crippen LogP contribution in [0.3, 0.4) is 0 Å². The van der Waals surface area contributed by atoms with Gasteiger partial charge in [0.15, 0.2) is 0 Å². The fourth-order valence-corrected chi connectivity index (χ4v) is 1.86. The Hall–Kier alpha value is -0.560. The molecule has 15 heavy (non-hydrogen) atoms. The Morgan fingerprint density at radius 3 is 2.73 bits per heavy atom. The van der Waals surface area contributed by atoms with Gasteiger partial charge in [-0.1, -0.05) is 12.8 Å². The zero-order valence-electron chi connectivity index (χ0n) is 9.58. The van der Waals surface area contributed by atoms with E-state index in [9.17, 15) is 0 Å². The third-order valence-electron chi connectivity index (χ3n) is 2.97. The van der Waals surface area contributed by atoms with Gasteiger partial charge in [-0.3, -0.25) is 4.90 Å². The van der Waals surface area contributed by atoms with Crippen molar-refractivity contribution in [3.8, 4) is 12.3 Å². The Morgan fingerprint density at radius 1 is 1.53 bits per heavy atom. The number of hydrogen-bond acceptors (Lipinski definition) is 3. The molecule has 0 bridgehead atoms. The molecule has 0 aromatic rings. The molecule has 1 heterocycles. The van der Waals surface area contributed by atoms with E-state index in [4.69, 9.17) is 11.5 Å². The van der Waals surface area contributed by atoms with Crippen LogP contribution in [0.15, 0.2) is 0 Å². The van der Waals surface area contributed by atoms with Gasteiger partial charge in [-0.15, -0.1) is 6.42 Å². The van der Waals surface area contributed by atoms with E-state index < -0.39 is 0 Å². The summed E-state index contributed by atoms with van der Waals surface area (Å²) in [6, 6.07) is 0.605. The maximum atomic E-state index is 8.91. The second-order valence-corrected chi connectivity index (χ2v) is 4.45.